The maximum atomic E-state index is 13.5. The fraction of sp³-hybridized carbons (Fsp3) is 0.103. The van der Waals surface area contributed by atoms with E-state index < -0.39 is 17.1 Å². The number of nitrogens with one attached hydrogen (secondary N) is 3. The van der Waals surface area contributed by atoms with Gasteiger partial charge in [0.1, 0.15) is 16.7 Å². The first-order chi connectivity index (χ1) is 22.8. The smallest absolute Gasteiger partial charge is 0.272 e. The molecule has 0 aliphatic rings. The summed E-state index contributed by atoms with van der Waals surface area (Å²) in [6, 6.07) is 38.6. The van der Waals surface area contributed by atoms with Gasteiger partial charge in [0.05, 0.1) is 7.11 Å². The monoisotopic (exact) mass is 641 g/mol. The molecule has 0 fully saturated rings. The van der Waals surface area contributed by atoms with Gasteiger partial charge >= 0.3 is 0 Å². The van der Waals surface area contributed by atoms with Gasteiger partial charge in [-0.3, -0.25) is 14.4 Å². The maximum absolute atomic E-state index is 13.5. The van der Waals surface area contributed by atoms with Crippen molar-refractivity contribution in [2.45, 2.75) is 24.0 Å². The fourth-order valence-corrected chi connectivity index (χ4v) is 5.74. The Morgan fingerprint density at radius 1 is 0.702 bits per heavy atom. The SMILES string of the molecule is COc1cccc(/C=C(\NC(=O)c2ccccc2)C(=O)Nc2ccc(SC(C(=O)Nc3ccc(C)c(C)c3)c3ccccc3)cc2)c1. The zero-order chi connectivity index (χ0) is 33.2. The summed E-state index contributed by atoms with van der Waals surface area (Å²) in [5.41, 5.74) is 5.58. The van der Waals surface area contributed by atoms with Gasteiger partial charge in [-0.1, -0.05) is 66.7 Å². The van der Waals surface area contributed by atoms with E-state index in [1.54, 1.807) is 67.8 Å². The lowest BCUT2D eigenvalue weighted by molar-refractivity contribution is -0.116. The van der Waals surface area contributed by atoms with Crippen LogP contribution >= 0.6 is 11.8 Å². The summed E-state index contributed by atoms with van der Waals surface area (Å²) in [6.07, 6.45) is 1.60. The summed E-state index contributed by atoms with van der Waals surface area (Å²) in [6.45, 7) is 4.05. The summed E-state index contributed by atoms with van der Waals surface area (Å²) in [5, 5.41) is 8.20. The molecule has 0 radical (unpaired) electrons. The van der Waals surface area contributed by atoms with Crippen LogP contribution in [-0.4, -0.2) is 24.8 Å². The summed E-state index contributed by atoms with van der Waals surface area (Å²) in [7, 11) is 1.56. The third-order valence-corrected chi connectivity index (χ3v) is 8.68. The maximum Gasteiger partial charge on any atom is 0.272 e. The number of hydrogen-bond acceptors (Lipinski definition) is 5. The molecule has 5 aromatic carbocycles. The molecule has 0 aliphatic heterocycles. The zero-order valence-corrected chi connectivity index (χ0v) is 27.1. The number of rotatable bonds is 11. The zero-order valence-electron chi connectivity index (χ0n) is 26.3. The van der Waals surface area contributed by atoms with E-state index >= 15 is 0 Å². The predicted molar refractivity (Wildman–Crippen MR) is 190 cm³/mol. The lowest BCUT2D eigenvalue weighted by atomic mass is 10.1. The van der Waals surface area contributed by atoms with E-state index in [1.807, 2.05) is 86.6 Å². The van der Waals surface area contributed by atoms with Crippen LogP contribution in [0.3, 0.4) is 0 Å². The van der Waals surface area contributed by atoms with E-state index in [0.29, 0.717) is 22.6 Å². The van der Waals surface area contributed by atoms with Gasteiger partial charge in [0.2, 0.25) is 5.91 Å². The molecule has 1 atom stereocenters. The fourth-order valence-electron chi connectivity index (χ4n) is 4.72. The molecule has 0 heterocycles. The van der Waals surface area contributed by atoms with Crippen molar-refractivity contribution in [2.75, 3.05) is 17.7 Å². The molecule has 0 saturated heterocycles. The van der Waals surface area contributed by atoms with Gasteiger partial charge in [0.25, 0.3) is 11.8 Å². The van der Waals surface area contributed by atoms with Crippen LogP contribution in [0, 0.1) is 13.8 Å². The molecule has 3 N–H and O–H groups in total. The number of amides is 3. The largest absolute Gasteiger partial charge is 0.497 e. The summed E-state index contributed by atoms with van der Waals surface area (Å²) in [5.74, 6) is -0.416. The van der Waals surface area contributed by atoms with Gasteiger partial charge in [0, 0.05) is 21.8 Å². The third kappa shape index (κ3) is 8.99. The number of carbonyl (C=O) groups excluding carboxylic acids is 3. The molecule has 236 valence electrons. The van der Waals surface area contributed by atoms with Crippen molar-refractivity contribution in [3.63, 3.8) is 0 Å². The normalized spacial score (nSPS) is 11.7. The van der Waals surface area contributed by atoms with E-state index in [1.165, 1.54) is 11.8 Å². The second-order valence-corrected chi connectivity index (χ2v) is 12.0. The average Bonchev–Trinajstić information content (AvgIpc) is 3.10. The molecule has 3 amide bonds. The van der Waals surface area contributed by atoms with Crippen LogP contribution in [0.1, 0.15) is 37.9 Å². The Balaban J connectivity index is 1.33. The van der Waals surface area contributed by atoms with Gasteiger partial charge in [0.15, 0.2) is 0 Å². The van der Waals surface area contributed by atoms with E-state index in [4.69, 9.17) is 4.74 Å². The van der Waals surface area contributed by atoms with Gasteiger partial charge in [-0.05, 0) is 103 Å². The molecule has 0 spiro atoms. The summed E-state index contributed by atoms with van der Waals surface area (Å²) >= 11 is 1.42. The van der Waals surface area contributed by atoms with Crippen LogP contribution in [0.15, 0.2) is 138 Å². The van der Waals surface area contributed by atoms with Crippen LogP contribution < -0.4 is 20.7 Å². The van der Waals surface area contributed by atoms with E-state index in [0.717, 1.165) is 27.3 Å². The molecule has 5 rings (SSSR count). The first kappa shape index (κ1) is 32.8. The second-order valence-electron chi connectivity index (χ2n) is 10.8. The predicted octanol–water partition coefficient (Wildman–Crippen LogP) is 8.19. The molecule has 0 aromatic heterocycles. The Morgan fingerprint density at radius 2 is 1.38 bits per heavy atom. The minimum Gasteiger partial charge on any atom is -0.497 e. The number of ether oxygens (including phenoxy) is 1. The van der Waals surface area contributed by atoms with Gasteiger partial charge in [-0.2, -0.15) is 0 Å². The topological polar surface area (TPSA) is 96.5 Å². The van der Waals surface area contributed by atoms with Crippen LogP contribution in [0.2, 0.25) is 0 Å². The highest BCUT2D eigenvalue weighted by Crippen LogP contribution is 2.37. The Labute approximate surface area is 279 Å². The Hall–Kier alpha value is -5.60. The minimum absolute atomic E-state index is 0.0673. The van der Waals surface area contributed by atoms with Crippen LogP contribution in [-0.2, 0) is 9.59 Å². The number of carbonyl (C=O) groups is 3. The van der Waals surface area contributed by atoms with E-state index in [-0.39, 0.29) is 11.6 Å². The standard InChI is InChI=1S/C39H35N3O4S/c1-26-17-18-32(23-27(26)2)41-39(45)36(29-12-6-4-7-13-29)47-34-21-19-31(20-22-34)40-38(44)35(25-28-11-10-16-33(24-28)46-3)42-37(43)30-14-8-5-9-15-30/h4-25,36H,1-3H3,(H,40,44)(H,41,45)(H,42,43)/b35-25-. The van der Waals surface area contributed by atoms with Gasteiger partial charge < -0.3 is 20.7 Å². The molecule has 8 heteroatoms. The minimum atomic E-state index is -0.510. The first-order valence-electron chi connectivity index (χ1n) is 15.0. The molecular formula is C39H35N3O4S. The van der Waals surface area contributed by atoms with Crippen molar-refractivity contribution >= 4 is 46.9 Å². The molecule has 0 aliphatic carbocycles. The highest BCUT2D eigenvalue weighted by molar-refractivity contribution is 8.00. The van der Waals surface area contributed by atoms with Crippen LogP contribution in [0.25, 0.3) is 6.08 Å². The first-order valence-corrected chi connectivity index (χ1v) is 15.9. The highest BCUT2D eigenvalue weighted by atomic mass is 32.2. The van der Waals surface area contributed by atoms with Crippen LogP contribution in [0.5, 0.6) is 5.75 Å². The average molecular weight is 642 g/mol. The van der Waals surface area contributed by atoms with Crippen molar-refractivity contribution in [1.29, 1.82) is 0 Å². The van der Waals surface area contributed by atoms with Crippen molar-refractivity contribution in [3.05, 3.63) is 161 Å². The van der Waals surface area contributed by atoms with E-state index in [2.05, 4.69) is 16.0 Å². The summed E-state index contributed by atoms with van der Waals surface area (Å²) < 4.78 is 5.32. The molecule has 0 bridgehead atoms. The Morgan fingerprint density at radius 3 is 2.06 bits per heavy atom. The van der Waals surface area contributed by atoms with Gasteiger partial charge in [-0.25, -0.2) is 0 Å². The summed E-state index contributed by atoms with van der Waals surface area (Å²) in [4.78, 5) is 40.9. The van der Waals surface area contributed by atoms with Crippen molar-refractivity contribution in [3.8, 4) is 5.75 Å². The molecule has 47 heavy (non-hydrogen) atoms. The number of anilines is 2. The highest BCUT2D eigenvalue weighted by Gasteiger charge is 2.23. The molecule has 0 saturated carbocycles. The number of aryl methyl sites for hydroxylation is 2. The number of hydrogen-bond donors (Lipinski definition) is 3. The lowest BCUT2D eigenvalue weighted by Crippen LogP contribution is -2.30. The molecule has 1 unspecified atom stereocenters. The molecular weight excluding hydrogens is 607 g/mol. The van der Waals surface area contributed by atoms with Crippen molar-refractivity contribution in [2.24, 2.45) is 0 Å². The van der Waals surface area contributed by atoms with Crippen molar-refractivity contribution < 1.29 is 19.1 Å². The van der Waals surface area contributed by atoms with Crippen LogP contribution in [0.4, 0.5) is 11.4 Å². The number of thioether (sulfide) groups is 1. The quantitative estimate of drug-likeness (QED) is 0.0998. The third-order valence-electron chi connectivity index (χ3n) is 7.41. The van der Waals surface area contributed by atoms with E-state index in [9.17, 15) is 14.4 Å². The van der Waals surface area contributed by atoms with Gasteiger partial charge in [-0.15, -0.1) is 11.8 Å². The number of benzene rings is 5. The molecule has 5 aromatic rings. The second kappa shape index (κ2) is 15.6. The molecule has 7 nitrogen and oxygen atoms in total. The Kier molecular flexibility index (Phi) is 10.9. The van der Waals surface area contributed by atoms with Crippen molar-refractivity contribution in [1.82, 2.24) is 5.32 Å². The Bertz CT molecular complexity index is 1890. The lowest BCUT2D eigenvalue weighted by Gasteiger charge is -2.18. The number of methoxy groups -OCH3 is 1.